The van der Waals surface area contributed by atoms with Crippen molar-refractivity contribution >= 4 is 0 Å². The van der Waals surface area contributed by atoms with Crippen molar-refractivity contribution in [1.82, 2.24) is 0 Å². The van der Waals surface area contributed by atoms with Crippen LogP contribution in [0.25, 0.3) is 0 Å². The molecule has 168 valence electrons. The number of aliphatic hydroxyl groups is 1. The van der Waals surface area contributed by atoms with Crippen molar-refractivity contribution in [2.75, 3.05) is 0 Å². The Morgan fingerprint density at radius 1 is 0.793 bits per heavy atom. The second-order valence-electron chi connectivity index (χ2n) is 13.1. The molecule has 4 aliphatic carbocycles. The summed E-state index contributed by atoms with van der Waals surface area (Å²) in [5.74, 6) is 6.92. The minimum absolute atomic E-state index is 0.0407. The lowest BCUT2D eigenvalue weighted by Crippen LogP contribution is -2.56. The molecule has 1 N–H and O–H groups in total. The first-order valence-corrected chi connectivity index (χ1v) is 13.4. The highest BCUT2D eigenvalue weighted by Crippen LogP contribution is 2.68. The number of rotatable bonds is 5. The van der Waals surface area contributed by atoms with E-state index in [1.165, 1.54) is 64.2 Å². The van der Waals surface area contributed by atoms with Gasteiger partial charge in [-0.2, -0.15) is 0 Å². The lowest BCUT2D eigenvalue weighted by atomic mass is 9.43. The van der Waals surface area contributed by atoms with Crippen LogP contribution in [0, 0.1) is 58.2 Å². The van der Waals surface area contributed by atoms with Gasteiger partial charge in [0.2, 0.25) is 0 Å². The van der Waals surface area contributed by atoms with Crippen molar-refractivity contribution in [3.05, 3.63) is 0 Å². The van der Waals surface area contributed by atoms with E-state index in [2.05, 4.69) is 41.5 Å². The SMILES string of the molecule is CC(C)CCC[C@H](C)[C@H]1CC[C@H]2[C@H]3CC[C@@H]4[C@@H](C)[C@@H](O)CC[C@@]4(C)[C@H]3CC[C@@]12C. The van der Waals surface area contributed by atoms with Crippen LogP contribution in [-0.4, -0.2) is 11.2 Å². The molecule has 4 saturated carbocycles. The van der Waals surface area contributed by atoms with Gasteiger partial charge in [0.1, 0.15) is 0 Å². The van der Waals surface area contributed by atoms with Gasteiger partial charge in [0.25, 0.3) is 0 Å². The van der Waals surface area contributed by atoms with E-state index >= 15 is 0 Å². The van der Waals surface area contributed by atoms with E-state index in [1.54, 1.807) is 0 Å². The zero-order chi connectivity index (χ0) is 21.0. The molecule has 0 radical (unpaired) electrons. The molecule has 29 heavy (non-hydrogen) atoms. The summed E-state index contributed by atoms with van der Waals surface area (Å²) in [7, 11) is 0. The number of fused-ring (bicyclic) bond motifs is 5. The molecule has 10 atom stereocenters. The van der Waals surface area contributed by atoms with Crippen LogP contribution in [0.4, 0.5) is 0 Å². The lowest BCUT2D eigenvalue weighted by molar-refractivity contribution is -0.149. The highest BCUT2D eigenvalue weighted by Gasteiger charge is 2.61. The predicted octanol–water partition coefficient (Wildman–Crippen LogP) is 7.71. The maximum Gasteiger partial charge on any atom is 0.0568 e. The number of hydrogen-bond acceptors (Lipinski definition) is 1. The molecule has 4 aliphatic rings. The van der Waals surface area contributed by atoms with Gasteiger partial charge in [0.05, 0.1) is 6.10 Å². The zero-order valence-electron chi connectivity index (χ0n) is 20.4. The van der Waals surface area contributed by atoms with Gasteiger partial charge in [0.15, 0.2) is 0 Å². The van der Waals surface area contributed by atoms with Crippen molar-refractivity contribution in [2.45, 2.75) is 118 Å². The third kappa shape index (κ3) is 3.64. The summed E-state index contributed by atoms with van der Waals surface area (Å²) in [6.07, 6.45) is 15.4. The average Bonchev–Trinajstić information content (AvgIpc) is 3.02. The van der Waals surface area contributed by atoms with Crippen LogP contribution in [0.15, 0.2) is 0 Å². The summed E-state index contributed by atoms with van der Waals surface area (Å²) in [5, 5.41) is 10.5. The molecule has 1 heteroatoms. The first-order chi connectivity index (χ1) is 13.7. The Bertz CT molecular complexity index is 569. The predicted molar refractivity (Wildman–Crippen MR) is 124 cm³/mol. The summed E-state index contributed by atoms with van der Waals surface area (Å²) in [4.78, 5) is 0. The van der Waals surface area contributed by atoms with Crippen LogP contribution < -0.4 is 0 Å². The van der Waals surface area contributed by atoms with E-state index in [4.69, 9.17) is 0 Å². The van der Waals surface area contributed by atoms with E-state index in [1.807, 2.05) is 0 Å². The third-order valence-corrected chi connectivity index (χ3v) is 11.4. The van der Waals surface area contributed by atoms with Gasteiger partial charge in [-0.25, -0.2) is 0 Å². The van der Waals surface area contributed by atoms with E-state index in [0.29, 0.717) is 16.7 Å². The molecule has 0 unspecified atom stereocenters. The van der Waals surface area contributed by atoms with Gasteiger partial charge in [-0.05, 0) is 110 Å². The molecular formula is C28H50O. The monoisotopic (exact) mass is 402 g/mol. The highest BCUT2D eigenvalue weighted by atomic mass is 16.3. The van der Waals surface area contributed by atoms with Gasteiger partial charge in [-0.3, -0.25) is 0 Å². The molecule has 0 spiro atoms. The maximum atomic E-state index is 10.5. The molecule has 0 bridgehead atoms. The van der Waals surface area contributed by atoms with Crippen LogP contribution in [0.5, 0.6) is 0 Å². The molecule has 0 amide bonds. The fourth-order valence-corrected chi connectivity index (χ4v) is 9.73. The molecule has 1 nitrogen and oxygen atoms in total. The van der Waals surface area contributed by atoms with Crippen LogP contribution in [-0.2, 0) is 0 Å². The molecule has 0 aromatic carbocycles. The van der Waals surface area contributed by atoms with Crippen LogP contribution >= 0.6 is 0 Å². The quantitative estimate of drug-likeness (QED) is 0.499. The van der Waals surface area contributed by atoms with E-state index in [-0.39, 0.29) is 6.10 Å². The number of hydrogen-bond donors (Lipinski definition) is 1. The van der Waals surface area contributed by atoms with Crippen molar-refractivity contribution in [1.29, 1.82) is 0 Å². The fourth-order valence-electron chi connectivity index (χ4n) is 9.73. The topological polar surface area (TPSA) is 20.2 Å². The third-order valence-electron chi connectivity index (χ3n) is 11.4. The normalized spacial score (nSPS) is 50.7. The first kappa shape index (κ1) is 22.2. The van der Waals surface area contributed by atoms with Gasteiger partial charge < -0.3 is 5.11 Å². The van der Waals surface area contributed by atoms with Gasteiger partial charge in [-0.1, -0.05) is 60.8 Å². The van der Waals surface area contributed by atoms with Crippen molar-refractivity contribution in [2.24, 2.45) is 58.2 Å². The largest absolute Gasteiger partial charge is 0.393 e. The minimum Gasteiger partial charge on any atom is -0.393 e. The Morgan fingerprint density at radius 3 is 2.17 bits per heavy atom. The van der Waals surface area contributed by atoms with E-state index in [9.17, 15) is 5.11 Å². The van der Waals surface area contributed by atoms with E-state index < -0.39 is 0 Å². The Hall–Kier alpha value is -0.0400. The van der Waals surface area contributed by atoms with Gasteiger partial charge in [0, 0.05) is 0 Å². The molecule has 0 aromatic heterocycles. The average molecular weight is 403 g/mol. The summed E-state index contributed by atoms with van der Waals surface area (Å²) in [6, 6.07) is 0. The Morgan fingerprint density at radius 2 is 1.45 bits per heavy atom. The Kier molecular flexibility index (Phi) is 6.22. The minimum atomic E-state index is -0.0407. The fraction of sp³-hybridized carbons (Fsp3) is 1.00. The first-order valence-electron chi connectivity index (χ1n) is 13.4. The Balaban J connectivity index is 1.48. The second kappa shape index (κ2) is 8.14. The zero-order valence-corrected chi connectivity index (χ0v) is 20.4. The summed E-state index contributed by atoms with van der Waals surface area (Å²) < 4.78 is 0. The highest BCUT2D eigenvalue weighted by molar-refractivity contribution is 5.10. The van der Waals surface area contributed by atoms with Crippen LogP contribution in [0.1, 0.15) is 112 Å². The smallest absolute Gasteiger partial charge is 0.0568 e. The lowest BCUT2D eigenvalue weighted by Gasteiger charge is -2.62. The summed E-state index contributed by atoms with van der Waals surface area (Å²) >= 11 is 0. The standard InChI is InChI=1S/C28H50O/c1-18(2)8-7-9-19(3)22-12-13-24-21-10-11-23-20(4)26(29)15-17-28(23,6)25(21)14-16-27(22,24)5/h18-26,29H,7-17H2,1-6H3/t19-,20+,21+,22+,23+,24-,25-,26-,27-,28+/m0/s1. The van der Waals surface area contributed by atoms with Crippen LogP contribution in [0.2, 0.25) is 0 Å². The second-order valence-corrected chi connectivity index (χ2v) is 13.1. The molecule has 0 heterocycles. The van der Waals surface area contributed by atoms with Gasteiger partial charge in [-0.15, -0.1) is 0 Å². The summed E-state index contributed by atoms with van der Waals surface area (Å²) in [5.41, 5.74) is 1.12. The van der Waals surface area contributed by atoms with Gasteiger partial charge >= 0.3 is 0 Å². The Labute approximate surface area is 181 Å². The van der Waals surface area contributed by atoms with Crippen molar-refractivity contribution in [3.8, 4) is 0 Å². The number of aliphatic hydroxyl groups excluding tert-OH is 1. The molecule has 4 fully saturated rings. The van der Waals surface area contributed by atoms with Crippen molar-refractivity contribution < 1.29 is 5.11 Å². The molecule has 0 aromatic rings. The molecule has 0 saturated heterocycles. The van der Waals surface area contributed by atoms with Crippen LogP contribution in [0.3, 0.4) is 0 Å². The summed E-state index contributed by atoms with van der Waals surface area (Å²) in [6.45, 7) is 15.0. The molecular weight excluding hydrogens is 352 g/mol. The van der Waals surface area contributed by atoms with Crippen molar-refractivity contribution in [3.63, 3.8) is 0 Å². The van der Waals surface area contributed by atoms with E-state index in [0.717, 1.165) is 47.8 Å². The molecule has 0 aliphatic heterocycles. The molecule has 4 rings (SSSR count). The maximum absolute atomic E-state index is 10.5.